The quantitative estimate of drug-likeness (QED) is 0.815. The van der Waals surface area contributed by atoms with Gasteiger partial charge in [0.2, 0.25) is 0 Å². The fourth-order valence-corrected chi connectivity index (χ4v) is 2.07. The SMILES string of the molecule is CC(=O)c1ccc(C(=O)NCc2ccsc2)[nH]1. The van der Waals surface area contributed by atoms with Crippen LogP contribution in [0.1, 0.15) is 33.5 Å². The maximum Gasteiger partial charge on any atom is 0.267 e. The van der Waals surface area contributed by atoms with E-state index in [1.807, 2.05) is 16.8 Å². The Morgan fingerprint density at radius 3 is 2.65 bits per heavy atom. The van der Waals surface area contributed by atoms with E-state index in [0.717, 1.165) is 5.56 Å². The number of amides is 1. The van der Waals surface area contributed by atoms with Crippen molar-refractivity contribution in [2.45, 2.75) is 13.5 Å². The minimum atomic E-state index is -0.205. The van der Waals surface area contributed by atoms with Crippen molar-refractivity contribution in [1.82, 2.24) is 10.3 Å². The number of carbonyl (C=O) groups excluding carboxylic acids is 2. The number of ketones is 1. The summed E-state index contributed by atoms with van der Waals surface area (Å²) in [6.07, 6.45) is 0. The van der Waals surface area contributed by atoms with E-state index in [4.69, 9.17) is 0 Å². The maximum atomic E-state index is 11.7. The molecule has 0 saturated carbocycles. The molecule has 0 atom stereocenters. The van der Waals surface area contributed by atoms with Gasteiger partial charge in [0.25, 0.3) is 5.91 Å². The Bertz CT molecular complexity index is 528. The minimum Gasteiger partial charge on any atom is -0.348 e. The van der Waals surface area contributed by atoms with Crippen molar-refractivity contribution in [1.29, 1.82) is 0 Å². The number of rotatable bonds is 4. The van der Waals surface area contributed by atoms with Gasteiger partial charge < -0.3 is 10.3 Å². The second-order valence-corrected chi connectivity index (χ2v) is 4.44. The van der Waals surface area contributed by atoms with Crippen LogP contribution < -0.4 is 5.32 Å². The number of thiophene rings is 1. The smallest absolute Gasteiger partial charge is 0.267 e. The molecule has 0 spiro atoms. The van der Waals surface area contributed by atoms with Crippen LogP contribution in [0.4, 0.5) is 0 Å². The first-order valence-electron chi connectivity index (χ1n) is 5.16. The summed E-state index contributed by atoms with van der Waals surface area (Å²) in [5.74, 6) is -0.286. The van der Waals surface area contributed by atoms with Crippen molar-refractivity contribution in [2.24, 2.45) is 0 Å². The first-order valence-corrected chi connectivity index (χ1v) is 6.10. The Morgan fingerprint density at radius 2 is 2.06 bits per heavy atom. The molecule has 2 aromatic rings. The van der Waals surface area contributed by atoms with Gasteiger partial charge in [0.05, 0.1) is 5.69 Å². The zero-order valence-electron chi connectivity index (χ0n) is 9.32. The second-order valence-electron chi connectivity index (χ2n) is 3.66. The summed E-state index contributed by atoms with van der Waals surface area (Å²) in [6, 6.07) is 5.18. The average molecular weight is 248 g/mol. The number of Topliss-reactive ketones (excluding diaryl/α,β-unsaturated/α-hetero) is 1. The van der Waals surface area contributed by atoms with E-state index < -0.39 is 0 Å². The lowest BCUT2D eigenvalue weighted by molar-refractivity contribution is 0.0946. The Labute approximate surface area is 103 Å². The third-order valence-corrected chi connectivity index (χ3v) is 3.08. The zero-order chi connectivity index (χ0) is 12.3. The van der Waals surface area contributed by atoms with Gasteiger partial charge in [-0.05, 0) is 34.5 Å². The lowest BCUT2D eigenvalue weighted by atomic mass is 10.3. The summed E-state index contributed by atoms with van der Waals surface area (Å²) >= 11 is 1.59. The molecule has 2 N–H and O–H groups in total. The summed E-state index contributed by atoms with van der Waals surface area (Å²) in [7, 11) is 0. The molecule has 1 amide bonds. The number of nitrogens with one attached hydrogen (secondary N) is 2. The van der Waals surface area contributed by atoms with Crippen LogP contribution in [0, 0.1) is 0 Å². The van der Waals surface area contributed by atoms with Crippen molar-refractivity contribution in [3.8, 4) is 0 Å². The van der Waals surface area contributed by atoms with Crippen LogP contribution in [0.3, 0.4) is 0 Å². The number of carbonyl (C=O) groups is 2. The fraction of sp³-hybridized carbons (Fsp3) is 0.167. The molecule has 0 aliphatic rings. The second kappa shape index (κ2) is 4.97. The molecular weight excluding hydrogens is 236 g/mol. The summed E-state index contributed by atoms with van der Waals surface area (Å²) in [5.41, 5.74) is 1.93. The Hall–Kier alpha value is -1.88. The minimum absolute atomic E-state index is 0.0816. The summed E-state index contributed by atoms with van der Waals surface area (Å²) in [5, 5.41) is 6.72. The van der Waals surface area contributed by atoms with E-state index in [1.165, 1.54) is 6.92 Å². The van der Waals surface area contributed by atoms with Crippen LogP contribution in [-0.4, -0.2) is 16.7 Å². The van der Waals surface area contributed by atoms with Gasteiger partial charge in [-0.15, -0.1) is 0 Å². The molecular formula is C12H12N2O2S. The van der Waals surface area contributed by atoms with Crippen LogP contribution >= 0.6 is 11.3 Å². The summed E-state index contributed by atoms with van der Waals surface area (Å²) in [4.78, 5) is 25.6. The number of aromatic nitrogens is 1. The normalized spacial score (nSPS) is 10.2. The molecule has 17 heavy (non-hydrogen) atoms. The number of hydrogen-bond donors (Lipinski definition) is 2. The molecule has 2 aromatic heterocycles. The topological polar surface area (TPSA) is 62.0 Å². The van der Waals surface area contributed by atoms with E-state index in [-0.39, 0.29) is 11.7 Å². The van der Waals surface area contributed by atoms with E-state index >= 15 is 0 Å². The Morgan fingerprint density at radius 1 is 1.29 bits per heavy atom. The Balaban J connectivity index is 1.97. The molecule has 0 fully saturated rings. The summed E-state index contributed by atoms with van der Waals surface area (Å²) < 4.78 is 0. The molecule has 0 unspecified atom stereocenters. The average Bonchev–Trinajstić information content (AvgIpc) is 2.96. The highest BCUT2D eigenvalue weighted by Gasteiger charge is 2.09. The van der Waals surface area contributed by atoms with Gasteiger partial charge >= 0.3 is 0 Å². The number of aromatic amines is 1. The Kier molecular flexibility index (Phi) is 3.39. The fourth-order valence-electron chi connectivity index (χ4n) is 1.40. The number of H-pyrrole nitrogens is 1. The monoisotopic (exact) mass is 248 g/mol. The molecule has 0 radical (unpaired) electrons. The highest BCUT2D eigenvalue weighted by molar-refractivity contribution is 7.07. The van der Waals surface area contributed by atoms with Crippen molar-refractivity contribution < 1.29 is 9.59 Å². The predicted molar refractivity (Wildman–Crippen MR) is 66.3 cm³/mol. The lowest BCUT2D eigenvalue weighted by Crippen LogP contribution is -2.22. The molecule has 0 aliphatic carbocycles. The van der Waals surface area contributed by atoms with Crippen molar-refractivity contribution in [3.63, 3.8) is 0 Å². The molecule has 88 valence electrons. The highest BCUT2D eigenvalue weighted by atomic mass is 32.1. The van der Waals surface area contributed by atoms with E-state index in [1.54, 1.807) is 23.5 Å². The van der Waals surface area contributed by atoms with Gasteiger partial charge in [0, 0.05) is 13.5 Å². The van der Waals surface area contributed by atoms with Gasteiger partial charge in [0.15, 0.2) is 5.78 Å². The third-order valence-electron chi connectivity index (χ3n) is 2.34. The van der Waals surface area contributed by atoms with Gasteiger partial charge in [-0.25, -0.2) is 0 Å². The van der Waals surface area contributed by atoms with Crippen molar-refractivity contribution in [3.05, 3.63) is 45.9 Å². The largest absolute Gasteiger partial charge is 0.348 e. The summed E-state index contributed by atoms with van der Waals surface area (Å²) in [6.45, 7) is 1.95. The van der Waals surface area contributed by atoms with Gasteiger partial charge in [0.1, 0.15) is 5.69 Å². The van der Waals surface area contributed by atoms with Crippen LogP contribution in [0.2, 0.25) is 0 Å². The van der Waals surface area contributed by atoms with Gasteiger partial charge in [-0.2, -0.15) is 11.3 Å². The van der Waals surface area contributed by atoms with Gasteiger partial charge in [-0.1, -0.05) is 0 Å². The van der Waals surface area contributed by atoms with Gasteiger partial charge in [-0.3, -0.25) is 9.59 Å². The molecule has 2 rings (SSSR count). The molecule has 0 bridgehead atoms. The van der Waals surface area contributed by atoms with E-state index in [0.29, 0.717) is 17.9 Å². The molecule has 2 heterocycles. The predicted octanol–water partition coefficient (Wildman–Crippen LogP) is 2.21. The van der Waals surface area contributed by atoms with Crippen molar-refractivity contribution >= 4 is 23.0 Å². The molecule has 0 saturated heterocycles. The van der Waals surface area contributed by atoms with Crippen LogP contribution in [0.25, 0.3) is 0 Å². The van der Waals surface area contributed by atoms with E-state index in [2.05, 4.69) is 10.3 Å². The molecule has 0 aromatic carbocycles. The van der Waals surface area contributed by atoms with Crippen molar-refractivity contribution in [2.75, 3.05) is 0 Å². The molecule has 0 aliphatic heterocycles. The zero-order valence-corrected chi connectivity index (χ0v) is 10.1. The first kappa shape index (κ1) is 11.6. The maximum absolute atomic E-state index is 11.7. The van der Waals surface area contributed by atoms with Crippen LogP contribution in [0.15, 0.2) is 29.0 Å². The number of hydrogen-bond acceptors (Lipinski definition) is 3. The lowest BCUT2D eigenvalue weighted by Gasteiger charge is -2.01. The van der Waals surface area contributed by atoms with Crippen LogP contribution in [-0.2, 0) is 6.54 Å². The molecule has 5 heteroatoms. The molecule has 4 nitrogen and oxygen atoms in total. The first-order chi connectivity index (χ1) is 8.16. The standard InChI is InChI=1S/C12H12N2O2S/c1-8(15)10-2-3-11(14-10)12(16)13-6-9-4-5-17-7-9/h2-5,7,14H,6H2,1H3,(H,13,16). The highest BCUT2D eigenvalue weighted by Crippen LogP contribution is 2.06. The van der Waals surface area contributed by atoms with Crippen LogP contribution in [0.5, 0.6) is 0 Å². The van der Waals surface area contributed by atoms with E-state index in [9.17, 15) is 9.59 Å². The third kappa shape index (κ3) is 2.82.